The van der Waals surface area contributed by atoms with Crippen LogP contribution in [-0.2, 0) is 25.6 Å². The lowest BCUT2D eigenvalue weighted by Gasteiger charge is -2.27. The molecule has 0 spiro atoms. The monoisotopic (exact) mass is 474 g/mol. The fraction of sp³-hybridized carbons (Fsp3) is 0.167. The fourth-order valence-corrected chi connectivity index (χ4v) is 6.25. The first kappa shape index (κ1) is 21.9. The number of nitrogens with zero attached hydrogens (tertiary/aromatic N) is 4. The number of nitrogens with one attached hydrogen (secondary N) is 3. The molecule has 0 amide bonds. The van der Waals surface area contributed by atoms with E-state index in [9.17, 15) is 12.6 Å². The van der Waals surface area contributed by atoms with Gasteiger partial charge in [-0.2, -0.15) is 10.3 Å². The van der Waals surface area contributed by atoms with Crippen molar-refractivity contribution in [2.75, 3.05) is 13.1 Å². The molecule has 2 aromatic carbocycles. The maximum absolute atomic E-state index is 13.1. The first-order chi connectivity index (χ1) is 15.4. The molecule has 1 aliphatic rings. The van der Waals surface area contributed by atoms with Crippen LogP contribution >= 0.6 is 0 Å². The van der Waals surface area contributed by atoms with Crippen LogP contribution in [0.1, 0.15) is 0 Å². The van der Waals surface area contributed by atoms with Gasteiger partial charge in [0.05, 0.1) is 38.2 Å². The van der Waals surface area contributed by atoms with Crippen LogP contribution in [0.25, 0.3) is 33.4 Å². The Kier molecular flexibility index (Phi) is 5.92. The fourth-order valence-electron chi connectivity index (χ4n) is 3.43. The van der Waals surface area contributed by atoms with E-state index in [1.165, 1.54) is 0 Å². The highest BCUT2D eigenvalue weighted by Crippen LogP contribution is 2.39. The van der Waals surface area contributed by atoms with Crippen molar-refractivity contribution in [1.82, 2.24) is 36.1 Å². The molecule has 1 aliphatic heterocycles. The molecular formula is C18H18N8O4S2. The second-order valence-electron chi connectivity index (χ2n) is 6.85. The molecule has 14 heteroatoms. The van der Waals surface area contributed by atoms with Crippen molar-refractivity contribution in [3.05, 3.63) is 36.5 Å². The smallest absolute Gasteiger partial charge is 0.240 e. The van der Waals surface area contributed by atoms with E-state index < -0.39 is 20.8 Å². The third-order valence-corrected chi connectivity index (χ3v) is 7.83. The third kappa shape index (κ3) is 3.84. The summed E-state index contributed by atoms with van der Waals surface area (Å²) in [5, 5.41) is 30.1. The number of rotatable bonds is 5. The van der Waals surface area contributed by atoms with Gasteiger partial charge in [-0.1, -0.05) is 18.2 Å². The zero-order chi connectivity index (χ0) is 22.9. The minimum Gasteiger partial charge on any atom is -0.314 e. The third-order valence-electron chi connectivity index (χ3n) is 4.99. The van der Waals surface area contributed by atoms with E-state index in [2.05, 4.69) is 36.1 Å². The van der Waals surface area contributed by atoms with Crippen molar-refractivity contribution < 1.29 is 17.4 Å². The van der Waals surface area contributed by atoms with E-state index >= 15 is 0 Å². The van der Waals surface area contributed by atoms with Crippen LogP contribution in [0.3, 0.4) is 0 Å². The topological polar surface area (TPSA) is 189 Å². The zero-order valence-electron chi connectivity index (χ0n) is 16.5. The largest absolute Gasteiger partial charge is 0.314 e. The number of aromatic nitrogens is 6. The quantitative estimate of drug-likeness (QED) is 0.307. The van der Waals surface area contributed by atoms with Crippen LogP contribution in [-0.4, -0.2) is 68.6 Å². The van der Waals surface area contributed by atoms with Gasteiger partial charge in [-0.25, -0.2) is 13.6 Å². The van der Waals surface area contributed by atoms with Gasteiger partial charge in [-0.3, -0.25) is 9.31 Å². The molecule has 5 N–H and O–H groups in total. The van der Waals surface area contributed by atoms with Gasteiger partial charge in [0, 0.05) is 18.5 Å². The van der Waals surface area contributed by atoms with Gasteiger partial charge in [0.25, 0.3) is 0 Å². The molecule has 166 valence electrons. The number of hydrogen-bond acceptors (Lipinski definition) is 9. The summed E-state index contributed by atoms with van der Waals surface area (Å²) in [6.07, 6.45) is 1.69. The molecule has 0 radical (unpaired) electrons. The number of tetrazole rings is 1. The molecule has 5 rings (SSSR count). The average Bonchev–Trinajstić information content (AvgIpc) is 3.43. The number of H-pyrrole nitrogens is 2. The number of carbonyl (C=O) groups is 1. The molecule has 1 unspecified atom stereocenters. The normalized spacial score (nSPS) is 15.0. The lowest BCUT2D eigenvalue weighted by molar-refractivity contribution is -0.0980. The van der Waals surface area contributed by atoms with E-state index in [1.54, 1.807) is 18.3 Å². The summed E-state index contributed by atoms with van der Waals surface area (Å²) in [5.74, 6) is 0.0457. The van der Waals surface area contributed by atoms with Gasteiger partial charge in [-0.05, 0) is 28.5 Å². The highest BCUT2D eigenvalue weighted by atomic mass is 32.2. The Bertz CT molecular complexity index is 1400. The first-order valence-electron chi connectivity index (χ1n) is 9.21. The van der Waals surface area contributed by atoms with E-state index in [0.717, 1.165) is 10.9 Å². The highest BCUT2D eigenvalue weighted by Gasteiger charge is 2.33. The lowest BCUT2D eigenvalue weighted by atomic mass is 9.98. The lowest BCUT2D eigenvalue weighted by Crippen LogP contribution is -2.49. The molecule has 1 saturated heterocycles. The first-order valence-corrected chi connectivity index (χ1v) is 12.0. The second kappa shape index (κ2) is 8.66. The maximum atomic E-state index is 13.1. The molecular weight excluding hydrogens is 456 g/mol. The number of fused-ring (bicyclic) bond motifs is 1. The van der Waals surface area contributed by atoms with Crippen molar-refractivity contribution in [2.24, 2.45) is 5.14 Å². The number of sulfonamides is 1. The number of carbonyl (C=O) groups excluding carboxylic acids is 1. The van der Waals surface area contributed by atoms with Crippen LogP contribution < -0.4 is 10.5 Å². The molecule has 3 heterocycles. The van der Waals surface area contributed by atoms with E-state index in [1.807, 2.05) is 25.0 Å². The molecule has 0 saturated carbocycles. The summed E-state index contributed by atoms with van der Waals surface area (Å²) in [7, 11) is -5.85. The van der Waals surface area contributed by atoms with Gasteiger partial charge in [-0.15, -0.1) is 10.2 Å². The van der Waals surface area contributed by atoms with E-state index in [4.69, 9.17) is 9.93 Å². The minimum atomic E-state index is -4.27. The summed E-state index contributed by atoms with van der Waals surface area (Å²) >= 11 is 0. The standard InChI is InChI=1S/C17H16N8O3S2.CH2O/c18-30(27,28)16-14(29(26)11-7-19-8-11)4-3-12(15(16)17-22-24-25-23-17)9-1-2-10-6-20-21-13(10)5-9;1-2/h1-6,11,19H,7-8H2,(H,20,21)(H2,18,27,28)(H,22,23,24,25);1H2. The van der Waals surface area contributed by atoms with Crippen molar-refractivity contribution in [1.29, 1.82) is 0 Å². The summed E-state index contributed by atoms with van der Waals surface area (Å²) in [6, 6.07) is 8.77. The van der Waals surface area contributed by atoms with Crippen LogP contribution in [0.4, 0.5) is 0 Å². The molecule has 0 bridgehead atoms. The van der Waals surface area contributed by atoms with E-state index in [-0.39, 0.29) is 26.4 Å². The summed E-state index contributed by atoms with van der Waals surface area (Å²) in [4.78, 5) is 7.88. The van der Waals surface area contributed by atoms with Crippen LogP contribution in [0.2, 0.25) is 0 Å². The Balaban J connectivity index is 0.00000119. The Morgan fingerprint density at radius 3 is 2.56 bits per heavy atom. The van der Waals surface area contributed by atoms with Gasteiger partial charge in [0.1, 0.15) is 11.7 Å². The molecule has 32 heavy (non-hydrogen) atoms. The molecule has 0 aliphatic carbocycles. The number of hydrogen-bond donors (Lipinski definition) is 4. The van der Waals surface area contributed by atoms with Crippen molar-refractivity contribution in [3.8, 4) is 22.5 Å². The van der Waals surface area contributed by atoms with Crippen molar-refractivity contribution in [2.45, 2.75) is 15.0 Å². The zero-order valence-corrected chi connectivity index (χ0v) is 18.1. The van der Waals surface area contributed by atoms with Crippen molar-refractivity contribution >= 4 is 38.5 Å². The minimum absolute atomic E-state index is 0.0457. The summed E-state index contributed by atoms with van der Waals surface area (Å²) in [5.41, 5.74) is 2.14. The molecule has 12 nitrogen and oxygen atoms in total. The van der Waals surface area contributed by atoms with Gasteiger partial charge < -0.3 is 10.1 Å². The predicted molar refractivity (Wildman–Crippen MR) is 116 cm³/mol. The van der Waals surface area contributed by atoms with Gasteiger partial charge >= 0.3 is 0 Å². The molecule has 1 fully saturated rings. The SMILES string of the molecule is C=O.NS(=O)(=O)c1c(S(=O)C2CNC2)ccc(-c2ccc3cn[nH]c3c2)c1-c1nn[nH]n1. The van der Waals surface area contributed by atoms with Gasteiger partial charge in [0.2, 0.25) is 15.8 Å². The van der Waals surface area contributed by atoms with Crippen LogP contribution in [0.15, 0.2) is 46.3 Å². The maximum Gasteiger partial charge on any atom is 0.240 e. The Hall–Kier alpha value is -3.33. The van der Waals surface area contributed by atoms with Gasteiger partial charge in [0.15, 0.2) is 0 Å². The van der Waals surface area contributed by atoms with Crippen molar-refractivity contribution in [3.63, 3.8) is 0 Å². The predicted octanol–water partition coefficient (Wildman–Crippen LogP) is -0.0481. The average molecular weight is 475 g/mol. The Morgan fingerprint density at radius 1 is 1.16 bits per heavy atom. The highest BCUT2D eigenvalue weighted by molar-refractivity contribution is 7.91. The molecule has 2 aromatic heterocycles. The van der Waals surface area contributed by atoms with Crippen LogP contribution in [0.5, 0.6) is 0 Å². The van der Waals surface area contributed by atoms with Crippen LogP contribution in [0, 0.1) is 0 Å². The number of primary sulfonamides is 1. The molecule has 1 atom stereocenters. The number of benzene rings is 2. The summed E-state index contributed by atoms with van der Waals surface area (Å²) in [6.45, 7) is 3.07. The molecule has 4 aromatic rings. The Labute approximate surface area is 184 Å². The number of nitrogens with two attached hydrogens (primary N) is 1. The van der Waals surface area contributed by atoms with E-state index in [0.29, 0.717) is 24.2 Å². The second-order valence-corrected chi connectivity index (χ2v) is 10.0. The number of aromatic amines is 2. The Morgan fingerprint density at radius 2 is 1.94 bits per heavy atom. The summed E-state index contributed by atoms with van der Waals surface area (Å²) < 4.78 is 38.4.